The fraction of sp³-hybridized carbons (Fsp3) is 0.538. The van der Waals surface area contributed by atoms with Gasteiger partial charge in [-0.3, -0.25) is 0 Å². The van der Waals surface area contributed by atoms with E-state index in [9.17, 15) is 0 Å². The fourth-order valence-corrected chi connectivity index (χ4v) is 1.72. The maximum absolute atomic E-state index is 8.84. The molecule has 0 radical (unpaired) electrons. The lowest BCUT2D eigenvalue weighted by Crippen LogP contribution is -2.27. The molecule has 0 spiro atoms. The van der Waals surface area contributed by atoms with Crippen molar-refractivity contribution in [1.29, 1.82) is 5.26 Å². The van der Waals surface area contributed by atoms with E-state index in [1.807, 2.05) is 13.0 Å². The van der Waals surface area contributed by atoms with E-state index < -0.39 is 0 Å². The first-order valence-electron chi connectivity index (χ1n) is 5.70. The average molecular weight is 217 g/mol. The van der Waals surface area contributed by atoms with Crippen molar-refractivity contribution >= 4 is 5.71 Å². The molecule has 3 nitrogen and oxygen atoms in total. The summed E-state index contributed by atoms with van der Waals surface area (Å²) in [4.78, 5) is 6.49. The van der Waals surface area contributed by atoms with Crippen LogP contribution < -0.4 is 0 Å². The second-order valence-corrected chi connectivity index (χ2v) is 4.19. The van der Waals surface area contributed by atoms with Gasteiger partial charge in [-0.05, 0) is 38.7 Å². The van der Waals surface area contributed by atoms with Crippen molar-refractivity contribution in [2.75, 3.05) is 13.1 Å². The second-order valence-electron chi connectivity index (χ2n) is 4.19. The highest BCUT2D eigenvalue weighted by Gasteiger charge is 2.09. The first-order chi connectivity index (χ1) is 7.65. The lowest BCUT2D eigenvalue weighted by atomic mass is 10.1. The van der Waals surface area contributed by atoms with Crippen molar-refractivity contribution in [3.8, 4) is 6.07 Å². The molecule has 86 valence electrons. The molecule has 1 aliphatic heterocycles. The van der Waals surface area contributed by atoms with Crippen LogP contribution in [0.3, 0.4) is 0 Å². The summed E-state index contributed by atoms with van der Waals surface area (Å²) >= 11 is 0. The summed E-state index contributed by atoms with van der Waals surface area (Å²) in [7, 11) is 0. The monoisotopic (exact) mass is 217 g/mol. The molecule has 0 N–H and O–H groups in total. The van der Waals surface area contributed by atoms with Crippen molar-refractivity contribution in [2.45, 2.75) is 33.1 Å². The molecule has 0 saturated carbocycles. The minimum Gasteiger partial charge on any atom is -0.374 e. The van der Waals surface area contributed by atoms with Gasteiger partial charge in [0.25, 0.3) is 0 Å². The van der Waals surface area contributed by atoms with Crippen molar-refractivity contribution in [3.63, 3.8) is 0 Å². The minimum atomic E-state index is 0.413. The standard InChI is InChI=1S/C13H19N3/c1-11(2)13(9-14)15-10-12(3)16-7-5-4-6-8-16/h10H,1,4-8H2,2-3H3/b12-10+,15-13?. The van der Waals surface area contributed by atoms with E-state index in [0.29, 0.717) is 11.3 Å². The van der Waals surface area contributed by atoms with Gasteiger partial charge in [-0.1, -0.05) is 6.58 Å². The predicted octanol–water partition coefficient (Wildman–Crippen LogP) is 2.87. The van der Waals surface area contributed by atoms with E-state index in [0.717, 1.165) is 18.8 Å². The van der Waals surface area contributed by atoms with Crippen LogP contribution >= 0.6 is 0 Å². The highest BCUT2D eigenvalue weighted by Crippen LogP contribution is 2.14. The highest BCUT2D eigenvalue weighted by atomic mass is 15.1. The summed E-state index contributed by atoms with van der Waals surface area (Å²) in [5.41, 5.74) is 2.26. The number of hydrogen-bond donors (Lipinski definition) is 0. The number of allylic oxidation sites excluding steroid dienone is 2. The Morgan fingerprint density at radius 3 is 2.44 bits per heavy atom. The first kappa shape index (κ1) is 12.5. The van der Waals surface area contributed by atoms with E-state index in [2.05, 4.69) is 16.5 Å². The maximum Gasteiger partial charge on any atom is 0.142 e. The smallest absolute Gasteiger partial charge is 0.142 e. The molecule has 1 heterocycles. The van der Waals surface area contributed by atoms with Gasteiger partial charge in [-0.25, -0.2) is 4.99 Å². The maximum atomic E-state index is 8.84. The number of rotatable bonds is 3. The van der Waals surface area contributed by atoms with Crippen LogP contribution in [0, 0.1) is 11.3 Å². The van der Waals surface area contributed by atoms with Crippen LogP contribution in [0.1, 0.15) is 33.1 Å². The Morgan fingerprint density at radius 1 is 1.31 bits per heavy atom. The first-order valence-corrected chi connectivity index (χ1v) is 5.70. The SMILES string of the molecule is C=C(C)C(C#N)=N/C=C(\C)N1CCCCC1. The third-order valence-electron chi connectivity index (χ3n) is 2.75. The number of nitrogens with zero attached hydrogens (tertiary/aromatic N) is 3. The molecule has 0 unspecified atom stereocenters. The quantitative estimate of drug-likeness (QED) is 0.682. The van der Waals surface area contributed by atoms with Gasteiger partial charge in [0.1, 0.15) is 11.8 Å². The Labute approximate surface area is 97.8 Å². The Bertz CT molecular complexity index is 352. The summed E-state index contributed by atoms with van der Waals surface area (Å²) in [6.45, 7) is 9.77. The zero-order chi connectivity index (χ0) is 12.0. The predicted molar refractivity (Wildman–Crippen MR) is 67.0 cm³/mol. The van der Waals surface area contributed by atoms with Gasteiger partial charge in [0, 0.05) is 25.0 Å². The third-order valence-corrected chi connectivity index (χ3v) is 2.75. The van der Waals surface area contributed by atoms with Gasteiger partial charge in [0.2, 0.25) is 0 Å². The molecule has 0 aromatic carbocycles. The normalized spacial score (nSPS) is 18.2. The van der Waals surface area contributed by atoms with Crippen molar-refractivity contribution in [2.24, 2.45) is 4.99 Å². The molecular formula is C13H19N3. The van der Waals surface area contributed by atoms with Crippen LogP contribution in [-0.4, -0.2) is 23.7 Å². The molecule has 0 amide bonds. The zero-order valence-electron chi connectivity index (χ0n) is 10.2. The zero-order valence-corrected chi connectivity index (χ0v) is 10.2. The Hall–Kier alpha value is -1.56. The van der Waals surface area contributed by atoms with Gasteiger partial charge in [0.15, 0.2) is 0 Å². The number of nitriles is 1. The molecule has 0 bridgehead atoms. The molecule has 0 aliphatic carbocycles. The van der Waals surface area contributed by atoms with Gasteiger partial charge in [0.05, 0.1) is 0 Å². The number of piperidine rings is 1. The largest absolute Gasteiger partial charge is 0.374 e. The Balaban J connectivity index is 2.68. The molecule has 3 heteroatoms. The number of aliphatic imine (C=N–C) groups is 1. The van der Waals surface area contributed by atoms with Crippen LogP contribution in [0.5, 0.6) is 0 Å². The molecule has 1 saturated heterocycles. The van der Waals surface area contributed by atoms with Crippen LogP contribution in [0.4, 0.5) is 0 Å². The fourth-order valence-electron chi connectivity index (χ4n) is 1.72. The Morgan fingerprint density at radius 2 is 1.94 bits per heavy atom. The van der Waals surface area contributed by atoms with Crippen molar-refractivity contribution in [1.82, 2.24) is 4.90 Å². The van der Waals surface area contributed by atoms with E-state index >= 15 is 0 Å². The van der Waals surface area contributed by atoms with Gasteiger partial charge >= 0.3 is 0 Å². The van der Waals surface area contributed by atoms with Crippen LogP contribution in [-0.2, 0) is 0 Å². The average Bonchev–Trinajstić information content (AvgIpc) is 2.30. The van der Waals surface area contributed by atoms with E-state index in [1.165, 1.54) is 19.3 Å². The van der Waals surface area contributed by atoms with Gasteiger partial charge < -0.3 is 4.90 Å². The molecule has 1 aliphatic rings. The van der Waals surface area contributed by atoms with Crippen LogP contribution in [0.25, 0.3) is 0 Å². The molecule has 1 fully saturated rings. The molecular weight excluding hydrogens is 198 g/mol. The minimum absolute atomic E-state index is 0.413. The number of likely N-dealkylation sites (tertiary alicyclic amines) is 1. The van der Waals surface area contributed by atoms with E-state index in [-0.39, 0.29) is 0 Å². The summed E-state index contributed by atoms with van der Waals surface area (Å²) in [5, 5.41) is 8.84. The van der Waals surface area contributed by atoms with E-state index in [1.54, 1.807) is 13.1 Å². The van der Waals surface area contributed by atoms with E-state index in [4.69, 9.17) is 5.26 Å². The summed E-state index contributed by atoms with van der Waals surface area (Å²) in [6, 6.07) is 2.05. The van der Waals surface area contributed by atoms with Gasteiger partial charge in [-0.15, -0.1) is 0 Å². The third kappa shape index (κ3) is 3.54. The molecule has 0 atom stereocenters. The van der Waals surface area contributed by atoms with Crippen molar-refractivity contribution in [3.05, 3.63) is 24.0 Å². The van der Waals surface area contributed by atoms with Gasteiger partial charge in [-0.2, -0.15) is 5.26 Å². The number of hydrogen-bond acceptors (Lipinski definition) is 3. The summed E-state index contributed by atoms with van der Waals surface area (Å²) in [5.74, 6) is 0. The Kier molecular flexibility index (Phi) is 4.78. The highest BCUT2D eigenvalue weighted by molar-refractivity contribution is 6.10. The lowest BCUT2D eigenvalue weighted by molar-refractivity contribution is 0.285. The topological polar surface area (TPSA) is 39.4 Å². The molecule has 0 aromatic heterocycles. The summed E-state index contributed by atoms with van der Waals surface area (Å²) in [6.07, 6.45) is 5.60. The van der Waals surface area contributed by atoms with Crippen LogP contribution in [0.15, 0.2) is 29.0 Å². The second kappa shape index (κ2) is 6.12. The van der Waals surface area contributed by atoms with Crippen molar-refractivity contribution < 1.29 is 0 Å². The molecule has 16 heavy (non-hydrogen) atoms. The molecule has 0 aromatic rings. The molecule has 1 rings (SSSR count). The van der Waals surface area contributed by atoms with Crippen LogP contribution in [0.2, 0.25) is 0 Å². The summed E-state index contributed by atoms with van der Waals surface area (Å²) < 4.78 is 0. The lowest BCUT2D eigenvalue weighted by Gasteiger charge is -2.28.